The molecule has 0 atom stereocenters. The molecule has 0 unspecified atom stereocenters. The summed E-state index contributed by atoms with van der Waals surface area (Å²) in [5.74, 6) is 1.83. The highest BCUT2D eigenvalue weighted by atomic mass is 14.3. The first kappa shape index (κ1) is 10.0. The van der Waals surface area contributed by atoms with Gasteiger partial charge in [-0.3, -0.25) is 0 Å². The molecule has 0 heterocycles. The van der Waals surface area contributed by atoms with E-state index in [0.29, 0.717) is 0 Å². The van der Waals surface area contributed by atoms with E-state index >= 15 is 0 Å². The van der Waals surface area contributed by atoms with Gasteiger partial charge in [0.15, 0.2) is 0 Å². The molecule has 0 spiro atoms. The summed E-state index contributed by atoms with van der Waals surface area (Å²) in [6.45, 7) is 3.87. The van der Waals surface area contributed by atoms with Crippen molar-refractivity contribution in [3.05, 3.63) is 24.3 Å². The molecule has 2 saturated carbocycles. The summed E-state index contributed by atoms with van der Waals surface area (Å²) in [7, 11) is 0. The average Bonchev–Trinajstić information content (AvgIpc) is 2.87. The smallest absolute Gasteiger partial charge is 0.0197 e. The second kappa shape index (κ2) is 4.82. The number of allylic oxidation sites excluding steroid dienone is 3. The molecule has 0 amide bonds. The van der Waals surface area contributed by atoms with Crippen molar-refractivity contribution >= 4 is 0 Å². The molecule has 2 rings (SSSR count). The van der Waals surface area contributed by atoms with Gasteiger partial charge in [0.2, 0.25) is 0 Å². The maximum absolute atomic E-state index is 3.87. The standard InChI is InChI=1S/C14H22/c1-2-7-14(12-8-3-4-9-12)13-10-5-6-11-13/h2,7,12-13H,1,3-6,8-11H2. The van der Waals surface area contributed by atoms with Crippen LogP contribution in [0.1, 0.15) is 51.4 Å². The highest BCUT2D eigenvalue weighted by molar-refractivity contribution is 5.18. The van der Waals surface area contributed by atoms with Crippen LogP contribution in [0.2, 0.25) is 0 Å². The molecule has 2 fully saturated rings. The van der Waals surface area contributed by atoms with Crippen LogP contribution >= 0.6 is 0 Å². The Morgan fingerprint density at radius 1 is 0.857 bits per heavy atom. The predicted molar refractivity (Wildman–Crippen MR) is 62.2 cm³/mol. The molecule has 0 aromatic heterocycles. The molecule has 0 radical (unpaired) electrons. The molecule has 0 N–H and O–H groups in total. The topological polar surface area (TPSA) is 0 Å². The zero-order chi connectivity index (χ0) is 9.80. The van der Waals surface area contributed by atoms with Gasteiger partial charge in [-0.05, 0) is 37.5 Å². The minimum atomic E-state index is 0.913. The molecule has 14 heavy (non-hydrogen) atoms. The Hall–Kier alpha value is -0.520. The lowest BCUT2D eigenvalue weighted by Crippen LogP contribution is -2.08. The summed E-state index contributed by atoms with van der Waals surface area (Å²) in [6.07, 6.45) is 15.9. The summed E-state index contributed by atoms with van der Waals surface area (Å²) in [5.41, 5.74) is 1.75. The third-order valence-electron chi connectivity index (χ3n) is 3.96. The monoisotopic (exact) mass is 190 g/mol. The van der Waals surface area contributed by atoms with E-state index in [0.717, 1.165) is 11.8 Å². The molecule has 2 aliphatic rings. The second-order valence-electron chi connectivity index (χ2n) is 4.87. The Bertz CT molecular complexity index is 194. The van der Waals surface area contributed by atoms with Crippen molar-refractivity contribution in [3.8, 4) is 0 Å². The lowest BCUT2D eigenvalue weighted by Gasteiger charge is -2.20. The van der Waals surface area contributed by atoms with Gasteiger partial charge in [-0.15, -0.1) is 0 Å². The Labute approximate surface area is 88.1 Å². The van der Waals surface area contributed by atoms with E-state index in [2.05, 4.69) is 12.7 Å². The fraction of sp³-hybridized carbons (Fsp3) is 0.714. The van der Waals surface area contributed by atoms with Gasteiger partial charge >= 0.3 is 0 Å². The van der Waals surface area contributed by atoms with Gasteiger partial charge in [0.1, 0.15) is 0 Å². The molecule has 78 valence electrons. The molecular weight excluding hydrogens is 168 g/mol. The summed E-state index contributed by atoms with van der Waals surface area (Å²) in [4.78, 5) is 0. The molecule has 0 bridgehead atoms. The Kier molecular flexibility index (Phi) is 3.44. The van der Waals surface area contributed by atoms with E-state index in [4.69, 9.17) is 0 Å². The second-order valence-corrected chi connectivity index (χ2v) is 4.87. The van der Waals surface area contributed by atoms with Crippen LogP contribution in [0.25, 0.3) is 0 Å². The quantitative estimate of drug-likeness (QED) is 0.576. The molecule has 2 aliphatic carbocycles. The van der Waals surface area contributed by atoms with Crippen LogP contribution in [0.5, 0.6) is 0 Å². The van der Waals surface area contributed by atoms with Crippen molar-refractivity contribution in [3.63, 3.8) is 0 Å². The molecule has 0 aromatic rings. The minimum absolute atomic E-state index is 0.913. The van der Waals surface area contributed by atoms with Crippen molar-refractivity contribution in [1.82, 2.24) is 0 Å². The van der Waals surface area contributed by atoms with Gasteiger partial charge in [0.25, 0.3) is 0 Å². The maximum atomic E-state index is 3.87. The Morgan fingerprint density at radius 3 is 1.64 bits per heavy atom. The van der Waals surface area contributed by atoms with Gasteiger partial charge in [-0.2, -0.15) is 0 Å². The molecule has 0 heteroatoms. The molecular formula is C14H22. The van der Waals surface area contributed by atoms with Crippen molar-refractivity contribution in [2.75, 3.05) is 0 Å². The van der Waals surface area contributed by atoms with Crippen LogP contribution in [0.4, 0.5) is 0 Å². The van der Waals surface area contributed by atoms with Crippen molar-refractivity contribution in [2.24, 2.45) is 11.8 Å². The summed E-state index contributed by atoms with van der Waals surface area (Å²) >= 11 is 0. The van der Waals surface area contributed by atoms with Crippen LogP contribution in [-0.2, 0) is 0 Å². The first-order valence-corrected chi connectivity index (χ1v) is 6.24. The van der Waals surface area contributed by atoms with Crippen LogP contribution < -0.4 is 0 Å². The fourth-order valence-electron chi connectivity index (χ4n) is 3.26. The number of hydrogen-bond acceptors (Lipinski definition) is 0. The summed E-state index contributed by atoms with van der Waals surface area (Å²) in [5, 5.41) is 0. The summed E-state index contributed by atoms with van der Waals surface area (Å²) < 4.78 is 0. The normalized spacial score (nSPS) is 24.0. The van der Waals surface area contributed by atoms with Crippen molar-refractivity contribution in [2.45, 2.75) is 51.4 Å². The fourth-order valence-corrected chi connectivity index (χ4v) is 3.26. The van der Waals surface area contributed by atoms with Crippen molar-refractivity contribution < 1.29 is 0 Å². The summed E-state index contributed by atoms with van der Waals surface area (Å²) in [6, 6.07) is 0. The van der Waals surface area contributed by atoms with E-state index in [1.165, 1.54) is 51.4 Å². The van der Waals surface area contributed by atoms with Crippen LogP contribution in [0.3, 0.4) is 0 Å². The Balaban J connectivity index is 2.05. The van der Waals surface area contributed by atoms with Gasteiger partial charge in [-0.1, -0.05) is 50.0 Å². The van der Waals surface area contributed by atoms with E-state index in [9.17, 15) is 0 Å². The molecule has 0 nitrogen and oxygen atoms in total. The highest BCUT2D eigenvalue weighted by Crippen LogP contribution is 2.41. The molecule has 0 saturated heterocycles. The van der Waals surface area contributed by atoms with Gasteiger partial charge in [0, 0.05) is 0 Å². The largest absolute Gasteiger partial charge is 0.0991 e. The Morgan fingerprint density at radius 2 is 1.29 bits per heavy atom. The van der Waals surface area contributed by atoms with Gasteiger partial charge in [-0.25, -0.2) is 0 Å². The zero-order valence-electron chi connectivity index (χ0n) is 9.17. The van der Waals surface area contributed by atoms with E-state index < -0.39 is 0 Å². The maximum Gasteiger partial charge on any atom is -0.0197 e. The van der Waals surface area contributed by atoms with E-state index in [1.807, 2.05) is 6.08 Å². The lowest BCUT2D eigenvalue weighted by atomic mass is 9.85. The van der Waals surface area contributed by atoms with Gasteiger partial charge in [0.05, 0.1) is 0 Å². The van der Waals surface area contributed by atoms with Crippen molar-refractivity contribution in [1.29, 1.82) is 0 Å². The highest BCUT2D eigenvalue weighted by Gasteiger charge is 2.26. The number of hydrogen-bond donors (Lipinski definition) is 0. The molecule has 0 aromatic carbocycles. The zero-order valence-corrected chi connectivity index (χ0v) is 9.17. The SMILES string of the molecule is C=CC=C(C1CCCC1)C1CCCC1. The minimum Gasteiger partial charge on any atom is -0.0991 e. The van der Waals surface area contributed by atoms with Gasteiger partial charge < -0.3 is 0 Å². The van der Waals surface area contributed by atoms with Crippen LogP contribution in [0.15, 0.2) is 24.3 Å². The lowest BCUT2D eigenvalue weighted by molar-refractivity contribution is 0.514. The predicted octanol–water partition coefficient (Wildman–Crippen LogP) is 4.48. The first-order valence-electron chi connectivity index (χ1n) is 6.24. The third kappa shape index (κ3) is 2.10. The average molecular weight is 190 g/mol. The van der Waals surface area contributed by atoms with E-state index in [1.54, 1.807) is 5.57 Å². The first-order chi connectivity index (χ1) is 6.92. The van der Waals surface area contributed by atoms with Crippen LogP contribution in [0, 0.1) is 11.8 Å². The number of rotatable bonds is 3. The molecule has 0 aliphatic heterocycles. The van der Waals surface area contributed by atoms with Crippen LogP contribution in [-0.4, -0.2) is 0 Å². The van der Waals surface area contributed by atoms with E-state index in [-0.39, 0.29) is 0 Å². The third-order valence-corrected chi connectivity index (χ3v) is 3.96.